The number of methoxy groups -OCH3 is 1. The highest BCUT2D eigenvalue weighted by molar-refractivity contribution is 6.01. The summed E-state index contributed by atoms with van der Waals surface area (Å²) < 4.78 is 4.61. The summed E-state index contributed by atoms with van der Waals surface area (Å²) in [5, 5.41) is 0. The van der Waals surface area contributed by atoms with Gasteiger partial charge in [-0.1, -0.05) is 20.8 Å². The van der Waals surface area contributed by atoms with Crippen LogP contribution in [0, 0.1) is 17.3 Å². The van der Waals surface area contributed by atoms with Crippen molar-refractivity contribution < 1.29 is 14.3 Å². The first kappa shape index (κ1) is 11.2. The molecule has 14 heavy (non-hydrogen) atoms. The Morgan fingerprint density at radius 3 is 2.29 bits per heavy atom. The monoisotopic (exact) mass is 198 g/mol. The molecule has 1 saturated carbocycles. The lowest BCUT2D eigenvalue weighted by Gasteiger charge is -2.11. The second kappa shape index (κ2) is 3.71. The summed E-state index contributed by atoms with van der Waals surface area (Å²) in [5.41, 5.74) is 0.0958. The molecule has 0 amide bonds. The number of ketones is 1. The molecule has 1 aliphatic carbocycles. The molecule has 0 N–H and O–H groups in total. The minimum absolute atomic E-state index is 0.0596. The van der Waals surface area contributed by atoms with E-state index >= 15 is 0 Å². The van der Waals surface area contributed by atoms with E-state index in [9.17, 15) is 9.59 Å². The summed E-state index contributed by atoms with van der Waals surface area (Å²) >= 11 is 0. The summed E-state index contributed by atoms with van der Waals surface area (Å²) in [7, 11) is 1.33. The predicted molar refractivity (Wildman–Crippen MR) is 52.7 cm³/mol. The smallest absolute Gasteiger partial charge is 0.316 e. The molecule has 1 fully saturated rings. The van der Waals surface area contributed by atoms with Crippen LogP contribution in [0.15, 0.2) is 0 Å². The normalized spacial score (nSPS) is 25.3. The van der Waals surface area contributed by atoms with E-state index in [0.29, 0.717) is 6.42 Å². The molecule has 0 aromatic rings. The molecule has 2 atom stereocenters. The molecule has 0 heterocycles. The molecule has 1 rings (SSSR count). The van der Waals surface area contributed by atoms with E-state index in [4.69, 9.17) is 0 Å². The highest BCUT2D eigenvalue weighted by Gasteiger charge is 2.52. The fraction of sp³-hybridized carbons (Fsp3) is 0.818. The SMILES string of the molecule is CCC(C(=O)OC)C(=O)C1CC1(C)C. The summed E-state index contributed by atoms with van der Waals surface area (Å²) in [4.78, 5) is 23.1. The van der Waals surface area contributed by atoms with E-state index in [2.05, 4.69) is 18.6 Å². The zero-order valence-electron chi connectivity index (χ0n) is 9.29. The van der Waals surface area contributed by atoms with Gasteiger partial charge in [0, 0.05) is 5.92 Å². The molecule has 0 spiro atoms. The Morgan fingerprint density at radius 1 is 1.50 bits per heavy atom. The van der Waals surface area contributed by atoms with Gasteiger partial charge in [-0.05, 0) is 18.3 Å². The molecule has 3 nitrogen and oxygen atoms in total. The molecule has 1 aliphatic rings. The first-order chi connectivity index (χ1) is 6.44. The molecule has 0 radical (unpaired) electrons. The quantitative estimate of drug-likeness (QED) is 0.511. The van der Waals surface area contributed by atoms with Gasteiger partial charge in [-0.2, -0.15) is 0 Å². The first-order valence-corrected chi connectivity index (χ1v) is 5.05. The molecule has 3 heteroatoms. The van der Waals surface area contributed by atoms with Gasteiger partial charge < -0.3 is 4.74 Å². The number of hydrogen-bond donors (Lipinski definition) is 0. The number of ether oxygens (including phenoxy) is 1. The van der Waals surface area contributed by atoms with Crippen molar-refractivity contribution in [2.45, 2.75) is 33.6 Å². The number of carbonyl (C=O) groups is 2. The van der Waals surface area contributed by atoms with Crippen LogP contribution in [-0.4, -0.2) is 18.9 Å². The summed E-state index contributed by atoms with van der Waals surface area (Å²) in [6.07, 6.45) is 1.44. The van der Waals surface area contributed by atoms with Gasteiger partial charge in [0.15, 0.2) is 5.78 Å². The van der Waals surface area contributed by atoms with E-state index in [1.54, 1.807) is 0 Å². The van der Waals surface area contributed by atoms with Crippen molar-refractivity contribution >= 4 is 11.8 Å². The summed E-state index contributed by atoms with van der Waals surface area (Å²) in [6, 6.07) is 0. The maximum Gasteiger partial charge on any atom is 0.316 e. The highest BCUT2D eigenvalue weighted by Crippen LogP contribution is 2.53. The summed E-state index contributed by atoms with van der Waals surface area (Å²) in [6.45, 7) is 5.95. The topological polar surface area (TPSA) is 43.4 Å². The fourth-order valence-electron chi connectivity index (χ4n) is 1.82. The van der Waals surface area contributed by atoms with E-state index < -0.39 is 5.92 Å². The van der Waals surface area contributed by atoms with E-state index in [0.717, 1.165) is 6.42 Å². The minimum atomic E-state index is -0.549. The van der Waals surface area contributed by atoms with Crippen molar-refractivity contribution in [2.24, 2.45) is 17.3 Å². The number of hydrogen-bond acceptors (Lipinski definition) is 3. The van der Waals surface area contributed by atoms with Crippen molar-refractivity contribution in [1.82, 2.24) is 0 Å². The lowest BCUT2D eigenvalue weighted by atomic mass is 9.94. The molecular formula is C11H18O3. The average molecular weight is 198 g/mol. The van der Waals surface area contributed by atoms with Gasteiger partial charge in [-0.3, -0.25) is 9.59 Å². The van der Waals surface area contributed by atoms with Crippen LogP contribution in [-0.2, 0) is 14.3 Å². The van der Waals surface area contributed by atoms with Crippen LogP contribution in [0.2, 0.25) is 0 Å². The average Bonchev–Trinajstić information content (AvgIpc) is 2.76. The van der Waals surface area contributed by atoms with Crippen molar-refractivity contribution in [3.63, 3.8) is 0 Å². The second-order valence-corrected chi connectivity index (χ2v) is 4.63. The number of Topliss-reactive ketones (excluding diaryl/α,β-unsaturated/α-hetero) is 1. The molecule has 0 bridgehead atoms. The van der Waals surface area contributed by atoms with Gasteiger partial charge in [-0.25, -0.2) is 0 Å². The van der Waals surface area contributed by atoms with Crippen LogP contribution >= 0.6 is 0 Å². The van der Waals surface area contributed by atoms with E-state index in [-0.39, 0.29) is 23.1 Å². The van der Waals surface area contributed by atoms with Crippen molar-refractivity contribution in [3.8, 4) is 0 Å². The third-order valence-electron chi connectivity index (χ3n) is 3.09. The molecule has 0 aliphatic heterocycles. The van der Waals surface area contributed by atoms with Gasteiger partial charge in [0.1, 0.15) is 5.92 Å². The standard InChI is InChI=1S/C11H18O3/c1-5-7(10(13)14-4)9(12)8-6-11(8,2)3/h7-8H,5-6H2,1-4H3. The Kier molecular flexibility index (Phi) is 2.98. The molecular weight excluding hydrogens is 180 g/mol. The van der Waals surface area contributed by atoms with Crippen LogP contribution in [0.3, 0.4) is 0 Å². The van der Waals surface area contributed by atoms with Crippen molar-refractivity contribution in [2.75, 3.05) is 7.11 Å². The van der Waals surface area contributed by atoms with Crippen LogP contribution < -0.4 is 0 Å². The van der Waals surface area contributed by atoms with Crippen LogP contribution in [0.25, 0.3) is 0 Å². The number of esters is 1. The molecule has 0 saturated heterocycles. The zero-order chi connectivity index (χ0) is 10.9. The molecule has 2 unspecified atom stereocenters. The lowest BCUT2D eigenvalue weighted by Crippen LogP contribution is -2.27. The van der Waals surface area contributed by atoms with Crippen molar-refractivity contribution in [1.29, 1.82) is 0 Å². The third-order valence-corrected chi connectivity index (χ3v) is 3.09. The highest BCUT2D eigenvalue weighted by atomic mass is 16.5. The van der Waals surface area contributed by atoms with Crippen LogP contribution in [0.1, 0.15) is 33.6 Å². The summed E-state index contributed by atoms with van der Waals surface area (Å²) in [5.74, 6) is -0.817. The largest absolute Gasteiger partial charge is 0.468 e. The predicted octanol–water partition coefficient (Wildman–Crippen LogP) is 1.80. The Labute approximate surface area is 84.8 Å². The van der Waals surface area contributed by atoms with Gasteiger partial charge in [-0.15, -0.1) is 0 Å². The number of rotatable bonds is 4. The Hall–Kier alpha value is -0.860. The van der Waals surface area contributed by atoms with Gasteiger partial charge >= 0.3 is 5.97 Å². The fourth-order valence-corrected chi connectivity index (χ4v) is 1.82. The third kappa shape index (κ3) is 1.97. The van der Waals surface area contributed by atoms with E-state index in [1.165, 1.54) is 7.11 Å². The molecule has 0 aromatic heterocycles. The van der Waals surface area contributed by atoms with E-state index in [1.807, 2.05) is 6.92 Å². The molecule has 80 valence electrons. The van der Waals surface area contributed by atoms with Crippen LogP contribution in [0.5, 0.6) is 0 Å². The maximum absolute atomic E-state index is 11.9. The van der Waals surface area contributed by atoms with Crippen LogP contribution in [0.4, 0.5) is 0 Å². The Balaban J connectivity index is 2.63. The van der Waals surface area contributed by atoms with Crippen molar-refractivity contribution in [3.05, 3.63) is 0 Å². The Morgan fingerprint density at radius 2 is 2.00 bits per heavy atom. The molecule has 0 aromatic carbocycles. The number of carbonyl (C=O) groups excluding carboxylic acids is 2. The minimum Gasteiger partial charge on any atom is -0.468 e. The zero-order valence-corrected chi connectivity index (χ0v) is 9.29. The Bertz CT molecular complexity index is 255. The van der Waals surface area contributed by atoms with Gasteiger partial charge in [0.05, 0.1) is 7.11 Å². The van der Waals surface area contributed by atoms with Gasteiger partial charge in [0.25, 0.3) is 0 Å². The first-order valence-electron chi connectivity index (χ1n) is 5.05. The van der Waals surface area contributed by atoms with Gasteiger partial charge in [0.2, 0.25) is 0 Å². The maximum atomic E-state index is 11.9. The second-order valence-electron chi connectivity index (χ2n) is 4.63. The lowest BCUT2D eigenvalue weighted by molar-refractivity contribution is -0.150.